The molecule has 3 rings (SSSR count). The number of hydrogen-bond acceptors (Lipinski definition) is 7. The highest BCUT2D eigenvalue weighted by Gasteiger charge is 2.31. The number of carbonyl (C=O) groups excluding carboxylic acids is 3. The summed E-state index contributed by atoms with van der Waals surface area (Å²) < 4.78 is 5.53. The van der Waals surface area contributed by atoms with E-state index in [2.05, 4.69) is 5.32 Å². The zero-order valence-corrected chi connectivity index (χ0v) is 20.1. The molecule has 0 atom stereocenters. The molecule has 1 saturated heterocycles. The highest BCUT2D eigenvalue weighted by Crippen LogP contribution is 2.33. The minimum absolute atomic E-state index is 0.0441. The Bertz CT molecular complexity index is 1000. The van der Waals surface area contributed by atoms with E-state index >= 15 is 0 Å². The molecule has 0 spiro atoms. The molecule has 32 heavy (non-hydrogen) atoms. The normalized spacial score (nSPS) is 14.8. The average molecular weight is 489 g/mol. The molecule has 168 valence electrons. The average Bonchev–Trinajstić information content (AvgIpc) is 3.37. The van der Waals surface area contributed by atoms with Gasteiger partial charge in [-0.25, -0.2) is 4.79 Å². The third kappa shape index (κ3) is 6.75. The molecule has 0 radical (unpaired) electrons. The molecule has 1 aliphatic rings. The fraction of sp³-hybridized carbons (Fsp3) is 0.304. The van der Waals surface area contributed by atoms with Crippen molar-refractivity contribution in [3.63, 3.8) is 0 Å². The molecule has 1 aromatic carbocycles. The number of unbranched alkanes of at least 4 members (excludes halogenated alkanes) is 2. The van der Waals surface area contributed by atoms with Gasteiger partial charge in [0.25, 0.3) is 5.91 Å². The number of amides is 2. The van der Waals surface area contributed by atoms with E-state index in [-0.39, 0.29) is 17.8 Å². The number of nitrogens with zero attached hydrogens (tertiary/aromatic N) is 1. The number of benzene rings is 1. The number of anilines is 1. The Morgan fingerprint density at radius 3 is 2.62 bits per heavy atom. The van der Waals surface area contributed by atoms with Crippen molar-refractivity contribution in [2.45, 2.75) is 32.6 Å². The van der Waals surface area contributed by atoms with Gasteiger partial charge in [0, 0.05) is 23.5 Å². The highest BCUT2D eigenvalue weighted by molar-refractivity contribution is 8.26. The van der Waals surface area contributed by atoms with Gasteiger partial charge in [-0.05, 0) is 61.6 Å². The van der Waals surface area contributed by atoms with E-state index in [4.69, 9.17) is 17.0 Å². The van der Waals surface area contributed by atoms with E-state index in [1.165, 1.54) is 11.8 Å². The smallest absolute Gasteiger partial charge is 0.338 e. The van der Waals surface area contributed by atoms with Crippen LogP contribution in [0.2, 0.25) is 0 Å². The van der Waals surface area contributed by atoms with Gasteiger partial charge >= 0.3 is 5.97 Å². The van der Waals surface area contributed by atoms with Crippen molar-refractivity contribution < 1.29 is 19.1 Å². The molecule has 2 amide bonds. The summed E-state index contributed by atoms with van der Waals surface area (Å²) in [7, 11) is 0. The molecule has 0 aliphatic carbocycles. The summed E-state index contributed by atoms with van der Waals surface area (Å²) in [5.41, 5.74) is 1.09. The van der Waals surface area contributed by atoms with Gasteiger partial charge in [0.15, 0.2) is 0 Å². The van der Waals surface area contributed by atoms with E-state index < -0.39 is 0 Å². The second kappa shape index (κ2) is 11.9. The lowest BCUT2D eigenvalue weighted by Gasteiger charge is -2.14. The first-order chi connectivity index (χ1) is 15.5. The summed E-state index contributed by atoms with van der Waals surface area (Å²) in [6, 6.07) is 10.5. The number of thiocarbonyl (C=S) groups is 1. The molecule has 1 fully saturated rings. The summed E-state index contributed by atoms with van der Waals surface area (Å²) in [6.45, 7) is 2.63. The molecule has 1 N–H and O–H groups in total. The van der Waals surface area contributed by atoms with E-state index in [0.717, 1.165) is 17.7 Å². The molecule has 1 aliphatic heterocycles. The molecule has 9 heteroatoms. The first-order valence-corrected chi connectivity index (χ1v) is 12.4. The molecular weight excluding hydrogens is 464 g/mol. The number of nitrogens with one attached hydrogen (secondary N) is 1. The maximum atomic E-state index is 12.6. The first kappa shape index (κ1) is 24.2. The van der Waals surface area contributed by atoms with Crippen LogP contribution >= 0.6 is 35.3 Å². The molecule has 1 aromatic heterocycles. The Balaban J connectivity index is 1.36. The largest absolute Gasteiger partial charge is 0.462 e. The second-order valence-electron chi connectivity index (χ2n) is 7.01. The monoisotopic (exact) mass is 488 g/mol. The van der Waals surface area contributed by atoms with Crippen LogP contribution in [0.1, 0.15) is 47.8 Å². The predicted octanol–water partition coefficient (Wildman–Crippen LogP) is 5.33. The molecule has 2 aromatic rings. The Morgan fingerprint density at radius 1 is 1.16 bits per heavy atom. The number of thiophene rings is 1. The van der Waals surface area contributed by atoms with Crippen LogP contribution in [-0.4, -0.2) is 40.2 Å². The van der Waals surface area contributed by atoms with Crippen LogP contribution in [0.4, 0.5) is 5.69 Å². The van der Waals surface area contributed by atoms with E-state index in [1.54, 1.807) is 47.4 Å². The van der Waals surface area contributed by atoms with Crippen molar-refractivity contribution in [1.82, 2.24) is 4.90 Å². The summed E-state index contributed by atoms with van der Waals surface area (Å²) in [5, 5.41) is 4.80. The van der Waals surface area contributed by atoms with Gasteiger partial charge in [0.05, 0.1) is 17.1 Å². The molecular formula is C23H24N2O4S3. The standard InChI is InChI=1S/C23H24N2O4S3/c1-2-29-22(28)16-9-11-17(12-10-16)24-20(26)8-4-3-5-13-25-21(27)19(32-23(25)30)15-18-7-6-14-31-18/h6-7,9-12,14-15H,2-5,8,13H2,1H3,(H,24,26)/b19-15+. The van der Waals surface area contributed by atoms with E-state index in [0.29, 0.717) is 46.5 Å². The molecule has 0 saturated carbocycles. The Labute approximate surface area is 201 Å². The van der Waals surface area contributed by atoms with Gasteiger partial charge in [0.1, 0.15) is 4.32 Å². The Hall–Kier alpha value is -2.49. The molecule has 0 unspecified atom stereocenters. The number of ether oxygens (including phenoxy) is 1. The maximum absolute atomic E-state index is 12.6. The molecule has 2 heterocycles. The van der Waals surface area contributed by atoms with Gasteiger partial charge in [-0.1, -0.05) is 36.5 Å². The first-order valence-electron chi connectivity index (χ1n) is 10.3. The fourth-order valence-electron chi connectivity index (χ4n) is 3.06. The zero-order valence-electron chi connectivity index (χ0n) is 17.7. The van der Waals surface area contributed by atoms with Crippen LogP contribution in [0.25, 0.3) is 6.08 Å². The van der Waals surface area contributed by atoms with Crippen LogP contribution in [0.15, 0.2) is 46.7 Å². The lowest BCUT2D eigenvalue weighted by molar-refractivity contribution is -0.122. The van der Waals surface area contributed by atoms with Gasteiger partial charge in [-0.3, -0.25) is 14.5 Å². The number of carbonyl (C=O) groups is 3. The number of esters is 1. The lowest BCUT2D eigenvalue weighted by atomic mass is 10.1. The lowest BCUT2D eigenvalue weighted by Crippen LogP contribution is -2.29. The van der Waals surface area contributed by atoms with Gasteiger partial charge in [-0.15, -0.1) is 11.3 Å². The SMILES string of the molecule is CCOC(=O)c1ccc(NC(=O)CCCCCN2C(=O)/C(=C\c3cccs3)SC2=S)cc1. The Morgan fingerprint density at radius 2 is 1.94 bits per heavy atom. The van der Waals surface area contributed by atoms with Crippen LogP contribution in [0, 0.1) is 0 Å². The van der Waals surface area contributed by atoms with Gasteiger partial charge in [-0.2, -0.15) is 0 Å². The Kier molecular flexibility index (Phi) is 9.01. The van der Waals surface area contributed by atoms with Gasteiger partial charge < -0.3 is 10.1 Å². The maximum Gasteiger partial charge on any atom is 0.338 e. The number of rotatable bonds is 10. The summed E-state index contributed by atoms with van der Waals surface area (Å²) in [5.74, 6) is -0.510. The summed E-state index contributed by atoms with van der Waals surface area (Å²) in [4.78, 5) is 39.7. The van der Waals surface area contributed by atoms with Crippen LogP contribution < -0.4 is 5.32 Å². The van der Waals surface area contributed by atoms with Crippen molar-refractivity contribution in [3.8, 4) is 0 Å². The predicted molar refractivity (Wildman–Crippen MR) is 134 cm³/mol. The minimum Gasteiger partial charge on any atom is -0.462 e. The third-order valence-corrected chi connectivity index (χ3v) is 6.85. The van der Waals surface area contributed by atoms with Crippen molar-refractivity contribution in [2.75, 3.05) is 18.5 Å². The second-order valence-corrected chi connectivity index (χ2v) is 9.66. The van der Waals surface area contributed by atoms with Gasteiger partial charge in [0.2, 0.25) is 5.91 Å². The zero-order chi connectivity index (χ0) is 22.9. The minimum atomic E-state index is -0.381. The summed E-state index contributed by atoms with van der Waals surface area (Å²) >= 11 is 8.28. The van der Waals surface area contributed by atoms with Crippen LogP contribution in [-0.2, 0) is 14.3 Å². The van der Waals surface area contributed by atoms with Crippen molar-refractivity contribution in [3.05, 3.63) is 57.1 Å². The van der Waals surface area contributed by atoms with E-state index in [9.17, 15) is 14.4 Å². The summed E-state index contributed by atoms with van der Waals surface area (Å²) in [6.07, 6.45) is 4.58. The van der Waals surface area contributed by atoms with Crippen molar-refractivity contribution >= 4 is 69.2 Å². The van der Waals surface area contributed by atoms with E-state index in [1.807, 2.05) is 23.6 Å². The van der Waals surface area contributed by atoms with Crippen molar-refractivity contribution in [1.29, 1.82) is 0 Å². The number of hydrogen-bond donors (Lipinski definition) is 1. The number of thioether (sulfide) groups is 1. The fourth-order valence-corrected chi connectivity index (χ4v) is 5.09. The van der Waals surface area contributed by atoms with Crippen molar-refractivity contribution in [2.24, 2.45) is 0 Å². The quantitative estimate of drug-likeness (QED) is 0.211. The van der Waals surface area contributed by atoms with Crippen LogP contribution in [0.3, 0.4) is 0 Å². The highest BCUT2D eigenvalue weighted by atomic mass is 32.2. The third-order valence-electron chi connectivity index (χ3n) is 4.66. The topological polar surface area (TPSA) is 75.7 Å². The molecule has 0 bridgehead atoms. The molecule has 6 nitrogen and oxygen atoms in total. The van der Waals surface area contributed by atoms with Crippen LogP contribution in [0.5, 0.6) is 0 Å².